The molecule has 0 spiro atoms. The number of phenolic OH excluding ortho intramolecular Hbond substituents is 1. The molecule has 0 unspecified atom stereocenters. The number of carbonyl (C=O) groups is 1. The van der Waals surface area contributed by atoms with Gasteiger partial charge in [0.15, 0.2) is 23.2 Å². The molecule has 3 heterocycles. The van der Waals surface area contributed by atoms with Crippen LogP contribution >= 0.6 is 0 Å². The number of hydrogen-bond donors (Lipinski definition) is 2. The lowest BCUT2D eigenvalue weighted by atomic mass is 10.1. The number of aryl methyl sites for hydroxylation is 1. The van der Waals surface area contributed by atoms with Gasteiger partial charge in [-0.1, -0.05) is 0 Å². The first-order valence-electron chi connectivity index (χ1n) is 10.9. The molecule has 170 valence electrons. The number of piperazine rings is 1. The summed E-state index contributed by atoms with van der Waals surface area (Å²) < 4.78 is 16.3. The van der Waals surface area contributed by atoms with Gasteiger partial charge in [0.25, 0.3) is 0 Å². The highest BCUT2D eigenvalue weighted by Gasteiger charge is 2.24. The topological polar surface area (TPSA) is 96.2 Å². The summed E-state index contributed by atoms with van der Waals surface area (Å²) in [6.07, 6.45) is 1.65. The molecule has 1 saturated heterocycles. The van der Waals surface area contributed by atoms with Crippen molar-refractivity contribution in [1.29, 1.82) is 0 Å². The van der Waals surface area contributed by atoms with Crippen LogP contribution in [0.1, 0.15) is 31.3 Å². The number of ketones is 1. The molecule has 9 heteroatoms. The standard InChI is InChI=1S/C24H25FN6O2/c1-12-9-31(10-13(2)26-12)16-5-6-19-17(8-16)21(14(3)32)28-24(27-19)18-7-15-11-30(4)29-22(15)20(25)23(18)33/h5-8,11-13,26,33H,9-10H2,1-4H3/t12-,13-/m0/s1. The summed E-state index contributed by atoms with van der Waals surface area (Å²) in [5.74, 6) is -1.57. The molecule has 1 aliphatic heterocycles. The third-order valence-corrected chi connectivity index (χ3v) is 6.00. The number of Topliss-reactive ketones (excluding diaryl/α,β-unsaturated/α-hetero) is 1. The van der Waals surface area contributed by atoms with E-state index in [1.165, 1.54) is 11.6 Å². The van der Waals surface area contributed by atoms with Crippen LogP contribution in [0.2, 0.25) is 0 Å². The number of fused-ring (bicyclic) bond motifs is 2. The Balaban J connectivity index is 1.66. The Labute approximate surface area is 190 Å². The van der Waals surface area contributed by atoms with Crippen LogP contribution in [0.5, 0.6) is 5.75 Å². The summed E-state index contributed by atoms with van der Waals surface area (Å²) in [7, 11) is 1.67. The third-order valence-electron chi connectivity index (χ3n) is 6.00. The van der Waals surface area contributed by atoms with Gasteiger partial charge in [0.05, 0.1) is 11.1 Å². The van der Waals surface area contributed by atoms with E-state index in [9.17, 15) is 14.3 Å². The number of aromatic nitrogens is 4. The highest BCUT2D eigenvalue weighted by Crippen LogP contribution is 2.36. The minimum absolute atomic E-state index is 0.0652. The molecule has 0 radical (unpaired) electrons. The molecule has 2 aromatic heterocycles. The number of halogens is 1. The van der Waals surface area contributed by atoms with Crippen molar-refractivity contribution < 1.29 is 14.3 Å². The van der Waals surface area contributed by atoms with Crippen LogP contribution in [0, 0.1) is 5.82 Å². The molecular formula is C24H25FN6O2. The van der Waals surface area contributed by atoms with E-state index >= 15 is 0 Å². The van der Waals surface area contributed by atoms with Gasteiger partial charge in [0.2, 0.25) is 0 Å². The SMILES string of the molecule is CC(=O)c1nc(-c2cc3cn(C)nc3c(F)c2O)nc2ccc(N3C[C@H](C)N[C@@H](C)C3)cc12. The second-order valence-corrected chi connectivity index (χ2v) is 8.85. The predicted molar refractivity (Wildman–Crippen MR) is 125 cm³/mol. The number of carbonyl (C=O) groups excluding carboxylic acids is 1. The molecule has 0 aliphatic carbocycles. The fourth-order valence-corrected chi connectivity index (χ4v) is 4.65. The van der Waals surface area contributed by atoms with E-state index in [1.807, 2.05) is 18.2 Å². The van der Waals surface area contributed by atoms with Gasteiger partial charge in [-0.2, -0.15) is 5.10 Å². The van der Waals surface area contributed by atoms with Gasteiger partial charge < -0.3 is 15.3 Å². The minimum atomic E-state index is -0.839. The largest absolute Gasteiger partial charge is 0.504 e. The summed E-state index contributed by atoms with van der Waals surface area (Å²) in [4.78, 5) is 23.8. The normalized spacial score (nSPS) is 18.9. The zero-order valence-electron chi connectivity index (χ0n) is 18.9. The molecule has 8 nitrogen and oxygen atoms in total. The van der Waals surface area contributed by atoms with Crippen LogP contribution in [-0.4, -0.2) is 55.8 Å². The quantitative estimate of drug-likeness (QED) is 0.464. The Morgan fingerprint density at radius 1 is 1.18 bits per heavy atom. The smallest absolute Gasteiger partial charge is 0.193 e. The summed E-state index contributed by atoms with van der Waals surface area (Å²) in [5.41, 5.74) is 1.96. The first kappa shape index (κ1) is 21.3. The summed E-state index contributed by atoms with van der Waals surface area (Å²) in [6, 6.07) is 8.02. The van der Waals surface area contributed by atoms with Gasteiger partial charge in [-0.3, -0.25) is 9.48 Å². The van der Waals surface area contributed by atoms with Crippen LogP contribution in [0.4, 0.5) is 10.1 Å². The second kappa shape index (κ2) is 7.77. The van der Waals surface area contributed by atoms with E-state index in [0.29, 0.717) is 28.4 Å². The van der Waals surface area contributed by atoms with E-state index in [1.54, 1.807) is 19.3 Å². The lowest BCUT2D eigenvalue weighted by Crippen LogP contribution is -2.54. The van der Waals surface area contributed by atoms with E-state index in [4.69, 9.17) is 0 Å². The number of hydrogen-bond acceptors (Lipinski definition) is 7. The van der Waals surface area contributed by atoms with Crippen LogP contribution in [0.15, 0.2) is 30.5 Å². The average molecular weight is 449 g/mol. The Kier molecular flexibility index (Phi) is 5.01. The van der Waals surface area contributed by atoms with Crippen LogP contribution < -0.4 is 10.2 Å². The molecular weight excluding hydrogens is 423 g/mol. The number of anilines is 1. The highest BCUT2D eigenvalue weighted by atomic mass is 19.1. The van der Waals surface area contributed by atoms with Crippen molar-refractivity contribution in [2.75, 3.05) is 18.0 Å². The summed E-state index contributed by atoms with van der Waals surface area (Å²) in [5, 5.41) is 19.2. The van der Waals surface area contributed by atoms with Gasteiger partial charge in [0.1, 0.15) is 11.2 Å². The highest BCUT2D eigenvalue weighted by molar-refractivity contribution is 6.06. The van der Waals surface area contributed by atoms with E-state index in [2.05, 4.69) is 39.1 Å². The van der Waals surface area contributed by atoms with Crippen LogP contribution in [0.25, 0.3) is 33.2 Å². The maximum Gasteiger partial charge on any atom is 0.193 e. The Hall–Kier alpha value is -3.59. The Morgan fingerprint density at radius 2 is 1.91 bits per heavy atom. The van der Waals surface area contributed by atoms with Crippen LogP contribution in [-0.2, 0) is 7.05 Å². The number of nitrogens with zero attached hydrogens (tertiary/aromatic N) is 5. The molecule has 33 heavy (non-hydrogen) atoms. The van der Waals surface area contributed by atoms with Crippen molar-refractivity contribution in [3.8, 4) is 17.1 Å². The molecule has 5 rings (SSSR count). The predicted octanol–water partition coefficient (Wildman–Crippen LogP) is 3.42. The minimum Gasteiger partial charge on any atom is -0.504 e. The second-order valence-electron chi connectivity index (χ2n) is 8.85. The van der Waals surface area contributed by atoms with Crippen LogP contribution in [0.3, 0.4) is 0 Å². The third kappa shape index (κ3) is 3.68. The lowest BCUT2D eigenvalue weighted by Gasteiger charge is -2.37. The summed E-state index contributed by atoms with van der Waals surface area (Å²) >= 11 is 0. The molecule has 1 aliphatic rings. The van der Waals surface area contributed by atoms with Crippen molar-refractivity contribution in [3.05, 3.63) is 42.0 Å². The number of benzene rings is 2. The van der Waals surface area contributed by atoms with Gasteiger partial charge in [-0.05, 0) is 38.1 Å². The fraction of sp³-hybridized carbons (Fsp3) is 0.333. The molecule has 0 saturated carbocycles. The monoisotopic (exact) mass is 448 g/mol. The molecule has 2 aromatic carbocycles. The van der Waals surface area contributed by atoms with E-state index < -0.39 is 11.6 Å². The number of nitrogens with one attached hydrogen (secondary N) is 1. The van der Waals surface area contributed by atoms with Gasteiger partial charge >= 0.3 is 0 Å². The van der Waals surface area contributed by atoms with Crippen molar-refractivity contribution in [2.24, 2.45) is 7.05 Å². The number of rotatable bonds is 3. The zero-order valence-corrected chi connectivity index (χ0v) is 18.9. The van der Waals surface area contributed by atoms with E-state index in [0.717, 1.165) is 18.8 Å². The van der Waals surface area contributed by atoms with Crippen molar-refractivity contribution in [2.45, 2.75) is 32.9 Å². The molecule has 2 N–H and O–H groups in total. The van der Waals surface area contributed by atoms with Crippen molar-refractivity contribution in [3.63, 3.8) is 0 Å². The molecule has 4 aromatic rings. The number of aromatic hydroxyl groups is 1. The van der Waals surface area contributed by atoms with Crippen molar-refractivity contribution in [1.82, 2.24) is 25.1 Å². The first-order valence-corrected chi connectivity index (χ1v) is 10.9. The number of phenols is 1. The Bertz CT molecular complexity index is 1410. The molecule has 1 fully saturated rings. The lowest BCUT2D eigenvalue weighted by molar-refractivity contribution is 0.101. The van der Waals surface area contributed by atoms with Gasteiger partial charge in [-0.15, -0.1) is 0 Å². The molecule has 2 atom stereocenters. The molecule has 0 amide bonds. The average Bonchev–Trinajstić information content (AvgIpc) is 3.15. The maximum atomic E-state index is 14.8. The molecule has 0 bridgehead atoms. The van der Waals surface area contributed by atoms with Crippen molar-refractivity contribution >= 4 is 33.3 Å². The Morgan fingerprint density at radius 3 is 2.61 bits per heavy atom. The summed E-state index contributed by atoms with van der Waals surface area (Å²) in [6.45, 7) is 7.43. The van der Waals surface area contributed by atoms with E-state index in [-0.39, 0.29) is 28.4 Å². The van der Waals surface area contributed by atoms with Gasteiger partial charge in [-0.25, -0.2) is 14.4 Å². The maximum absolute atomic E-state index is 14.8. The van der Waals surface area contributed by atoms with Gasteiger partial charge in [0, 0.05) is 61.8 Å². The fourth-order valence-electron chi connectivity index (χ4n) is 4.65. The zero-order chi connectivity index (χ0) is 23.4. The first-order chi connectivity index (χ1) is 15.7.